The van der Waals surface area contributed by atoms with E-state index in [2.05, 4.69) is 0 Å². The van der Waals surface area contributed by atoms with E-state index >= 15 is 0 Å². The zero-order valence-electron chi connectivity index (χ0n) is 11.1. The quantitative estimate of drug-likeness (QED) is 0.881. The number of primary amides is 1. The number of aryl methyl sites for hydroxylation is 2. The first kappa shape index (κ1) is 13.3. The molecule has 2 aromatic carbocycles. The van der Waals surface area contributed by atoms with Crippen LogP contribution in [0.25, 0.3) is 0 Å². The second-order valence-electron chi connectivity index (χ2n) is 4.81. The second kappa shape index (κ2) is 4.86. The van der Waals surface area contributed by atoms with Crippen molar-refractivity contribution in [1.82, 2.24) is 0 Å². The summed E-state index contributed by atoms with van der Waals surface area (Å²) in [4.78, 5) is 11.8. The molecule has 0 saturated heterocycles. The summed E-state index contributed by atoms with van der Waals surface area (Å²) in [5.74, 6) is -0.774. The number of carbonyl (C=O) groups excluding carboxylic acids is 1. The van der Waals surface area contributed by atoms with Gasteiger partial charge >= 0.3 is 0 Å². The number of benzene rings is 2. The van der Waals surface area contributed by atoms with E-state index in [4.69, 9.17) is 5.73 Å². The van der Waals surface area contributed by atoms with Gasteiger partial charge in [0, 0.05) is 0 Å². The molecule has 3 nitrogen and oxygen atoms in total. The van der Waals surface area contributed by atoms with Crippen LogP contribution in [0, 0.1) is 13.8 Å². The van der Waals surface area contributed by atoms with E-state index in [1.54, 1.807) is 36.4 Å². The predicted octanol–water partition coefficient (Wildman–Crippen LogP) is 2.02. The average molecular weight is 255 g/mol. The molecule has 98 valence electrons. The Morgan fingerprint density at radius 2 is 1.42 bits per heavy atom. The van der Waals surface area contributed by atoms with Crippen LogP contribution in [0.2, 0.25) is 0 Å². The Balaban J connectivity index is 2.65. The highest BCUT2D eigenvalue weighted by Crippen LogP contribution is 2.30. The van der Waals surface area contributed by atoms with Crippen molar-refractivity contribution in [1.29, 1.82) is 0 Å². The number of hydrogen-bond donors (Lipinski definition) is 2. The Morgan fingerprint density at radius 3 is 1.74 bits per heavy atom. The van der Waals surface area contributed by atoms with Crippen LogP contribution >= 0.6 is 0 Å². The largest absolute Gasteiger partial charge is 0.372 e. The van der Waals surface area contributed by atoms with Gasteiger partial charge in [0.15, 0.2) is 5.60 Å². The fraction of sp³-hybridized carbons (Fsp3) is 0.188. The van der Waals surface area contributed by atoms with Gasteiger partial charge in [0.1, 0.15) is 0 Å². The summed E-state index contributed by atoms with van der Waals surface area (Å²) in [5, 5.41) is 10.8. The highest BCUT2D eigenvalue weighted by atomic mass is 16.3. The number of nitrogens with two attached hydrogens (primary N) is 1. The van der Waals surface area contributed by atoms with Gasteiger partial charge in [0.25, 0.3) is 5.91 Å². The van der Waals surface area contributed by atoms with Crippen LogP contribution in [0.1, 0.15) is 22.3 Å². The summed E-state index contributed by atoms with van der Waals surface area (Å²) in [7, 11) is 0. The second-order valence-corrected chi connectivity index (χ2v) is 4.81. The summed E-state index contributed by atoms with van der Waals surface area (Å²) in [6, 6.07) is 14.4. The molecular formula is C16H17NO2. The summed E-state index contributed by atoms with van der Waals surface area (Å²) >= 11 is 0. The monoisotopic (exact) mass is 255 g/mol. The molecule has 0 bridgehead atoms. The minimum atomic E-state index is -1.79. The fourth-order valence-electron chi connectivity index (χ4n) is 2.19. The molecule has 0 saturated carbocycles. The predicted molar refractivity (Wildman–Crippen MR) is 74.6 cm³/mol. The molecule has 0 aliphatic carbocycles. The van der Waals surface area contributed by atoms with Crippen molar-refractivity contribution in [2.24, 2.45) is 5.73 Å². The average Bonchev–Trinajstić information content (AvgIpc) is 2.37. The number of aliphatic hydroxyl groups is 1. The van der Waals surface area contributed by atoms with Gasteiger partial charge in [0.05, 0.1) is 0 Å². The van der Waals surface area contributed by atoms with Gasteiger partial charge in [0.2, 0.25) is 0 Å². The SMILES string of the molecule is Cc1cccc(C(O)(C(N)=O)c2cccc(C)c2)c1. The summed E-state index contributed by atoms with van der Waals surface area (Å²) < 4.78 is 0. The number of carbonyl (C=O) groups is 1. The lowest BCUT2D eigenvalue weighted by Gasteiger charge is -2.26. The van der Waals surface area contributed by atoms with Gasteiger partial charge in [-0.3, -0.25) is 4.79 Å². The third-order valence-electron chi connectivity index (χ3n) is 3.23. The maximum atomic E-state index is 11.8. The van der Waals surface area contributed by atoms with E-state index in [1.165, 1.54) is 0 Å². The van der Waals surface area contributed by atoms with E-state index in [0.717, 1.165) is 11.1 Å². The van der Waals surface area contributed by atoms with E-state index < -0.39 is 11.5 Å². The highest BCUT2D eigenvalue weighted by Gasteiger charge is 2.38. The molecule has 2 aromatic rings. The molecule has 1 amide bonds. The molecule has 0 unspecified atom stereocenters. The van der Waals surface area contributed by atoms with Crippen LogP contribution in [-0.4, -0.2) is 11.0 Å². The normalized spacial score (nSPS) is 11.3. The Labute approximate surface area is 112 Å². The van der Waals surface area contributed by atoms with Crippen LogP contribution in [0.4, 0.5) is 0 Å². The Morgan fingerprint density at radius 1 is 1.00 bits per heavy atom. The molecule has 19 heavy (non-hydrogen) atoms. The zero-order chi connectivity index (χ0) is 14.0. The Kier molecular flexibility index (Phi) is 3.40. The molecular weight excluding hydrogens is 238 g/mol. The molecule has 0 atom stereocenters. The van der Waals surface area contributed by atoms with E-state index in [1.807, 2.05) is 26.0 Å². The zero-order valence-corrected chi connectivity index (χ0v) is 11.1. The number of amides is 1. The minimum Gasteiger partial charge on any atom is -0.372 e. The van der Waals surface area contributed by atoms with Gasteiger partial charge in [-0.15, -0.1) is 0 Å². The third-order valence-corrected chi connectivity index (χ3v) is 3.23. The third kappa shape index (κ3) is 2.37. The molecule has 0 aliphatic heterocycles. The van der Waals surface area contributed by atoms with Gasteiger partial charge < -0.3 is 10.8 Å². The lowest BCUT2D eigenvalue weighted by atomic mass is 9.84. The van der Waals surface area contributed by atoms with Crippen molar-refractivity contribution >= 4 is 5.91 Å². The van der Waals surface area contributed by atoms with E-state index in [-0.39, 0.29) is 0 Å². The van der Waals surface area contributed by atoms with Crippen molar-refractivity contribution in [2.45, 2.75) is 19.4 Å². The van der Waals surface area contributed by atoms with Crippen LogP contribution in [-0.2, 0) is 10.4 Å². The first-order valence-electron chi connectivity index (χ1n) is 6.11. The minimum absolute atomic E-state index is 0.491. The van der Waals surface area contributed by atoms with Crippen LogP contribution in [0.3, 0.4) is 0 Å². The topological polar surface area (TPSA) is 63.3 Å². The maximum Gasteiger partial charge on any atom is 0.258 e. The lowest BCUT2D eigenvalue weighted by molar-refractivity contribution is -0.133. The van der Waals surface area contributed by atoms with E-state index in [0.29, 0.717) is 11.1 Å². The van der Waals surface area contributed by atoms with Crippen LogP contribution in [0.15, 0.2) is 48.5 Å². The van der Waals surface area contributed by atoms with E-state index in [9.17, 15) is 9.90 Å². The smallest absolute Gasteiger partial charge is 0.258 e. The van der Waals surface area contributed by atoms with Crippen molar-refractivity contribution in [2.75, 3.05) is 0 Å². The first-order valence-corrected chi connectivity index (χ1v) is 6.11. The molecule has 0 aromatic heterocycles. The Bertz CT molecular complexity index is 574. The first-order chi connectivity index (χ1) is 8.94. The van der Waals surface area contributed by atoms with Crippen molar-refractivity contribution in [3.8, 4) is 0 Å². The van der Waals surface area contributed by atoms with Gasteiger partial charge in [-0.05, 0) is 25.0 Å². The molecule has 2 rings (SSSR count). The summed E-state index contributed by atoms with van der Waals surface area (Å²) in [6.07, 6.45) is 0. The van der Waals surface area contributed by atoms with Crippen LogP contribution < -0.4 is 5.73 Å². The number of rotatable bonds is 3. The molecule has 0 spiro atoms. The van der Waals surface area contributed by atoms with Crippen molar-refractivity contribution < 1.29 is 9.90 Å². The lowest BCUT2D eigenvalue weighted by Crippen LogP contribution is -2.42. The molecule has 3 N–H and O–H groups in total. The molecule has 0 fully saturated rings. The van der Waals surface area contributed by atoms with Gasteiger partial charge in [-0.2, -0.15) is 0 Å². The fourth-order valence-corrected chi connectivity index (χ4v) is 2.19. The van der Waals surface area contributed by atoms with Gasteiger partial charge in [-0.1, -0.05) is 59.7 Å². The molecule has 0 heterocycles. The summed E-state index contributed by atoms with van der Waals surface area (Å²) in [6.45, 7) is 3.81. The van der Waals surface area contributed by atoms with Gasteiger partial charge in [-0.25, -0.2) is 0 Å². The molecule has 3 heteroatoms. The van der Waals surface area contributed by atoms with Crippen molar-refractivity contribution in [3.63, 3.8) is 0 Å². The maximum absolute atomic E-state index is 11.8. The molecule has 0 aliphatic rings. The van der Waals surface area contributed by atoms with Crippen LogP contribution in [0.5, 0.6) is 0 Å². The molecule has 0 radical (unpaired) electrons. The highest BCUT2D eigenvalue weighted by molar-refractivity contribution is 5.88. The summed E-state index contributed by atoms with van der Waals surface area (Å²) in [5.41, 5.74) is 6.56. The number of hydrogen-bond acceptors (Lipinski definition) is 2. The standard InChI is InChI=1S/C16H17NO2/c1-11-5-3-7-13(9-11)16(19,15(17)18)14-8-4-6-12(2)10-14/h3-10,19H,1-2H3,(H2,17,18). The Hall–Kier alpha value is -2.13. The van der Waals surface area contributed by atoms with Crippen molar-refractivity contribution in [3.05, 3.63) is 70.8 Å².